The molecule has 0 aliphatic carbocycles. The number of aromatic carboxylic acids is 1. The minimum Gasteiger partial charge on any atom is -0.478 e. The molecule has 0 amide bonds. The smallest absolute Gasteiger partial charge is 0.336 e. The van der Waals surface area contributed by atoms with E-state index in [1.807, 2.05) is 6.92 Å². The number of hydrogen-bond donors (Lipinski definition) is 2. The molecule has 1 aromatic rings. The zero-order valence-electron chi connectivity index (χ0n) is 8.04. The molecule has 0 spiro atoms. The van der Waals surface area contributed by atoms with Gasteiger partial charge < -0.3 is 10.4 Å². The molecule has 0 saturated heterocycles. The number of carbonyl (C=O) groups is 1. The second-order valence-corrected chi connectivity index (χ2v) is 4.16. The summed E-state index contributed by atoms with van der Waals surface area (Å²) in [5.74, 6) is -0.868. The van der Waals surface area contributed by atoms with Gasteiger partial charge in [0.2, 0.25) is 0 Å². The Hall–Kier alpha value is -1.13. The highest BCUT2D eigenvalue weighted by Crippen LogP contribution is 2.14. The summed E-state index contributed by atoms with van der Waals surface area (Å²) in [4.78, 5) is 11.6. The van der Waals surface area contributed by atoms with E-state index in [0.717, 1.165) is 17.0 Å². The van der Waals surface area contributed by atoms with E-state index in [1.54, 1.807) is 11.4 Å². The Bertz CT molecular complexity index is 344. The van der Waals surface area contributed by atoms with E-state index in [0.29, 0.717) is 12.1 Å². The van der Waals surface area contributed by atoms with Crippen LogP contribution < -0.4 is 5.32 Å². The fourth-order valence-electron chi connectivity index (χ4n) is 0.985. The van der Waals surface area contributed by atoms with Crippen LogP contribution in [0.15, 0.2) is 23.6 Å². The van der Waals surface area contributed by atoms with Crippen molar-refractivity contribution in [1.82, 2.24) is 5.32 Å². The van der Waals surface area contributed by atoms with Crippen molar-refractivity contribution in [2.45, 2.75) is 13.5 Å². The van der Waals surface area contributed by atoms with Crippen LogP contribution in [0.2, 0.25) is 0 Å². The molecule has 3 nitrogen and oxygen atoms in total. The average molecular weight is 211 g/mol. The Morgan fingerprint density at radius 1 is 1.71 bits per heavy atom. The van der Waals surface area contributed by atoms with E-state index in [-0.39, 0.29) is 0 Å². The molecule has 1 aromatic heterocycles. The topological polar surface area (TPSA) is 49.3 Å². The maximum absolute atomic E-state index is 10.6. The van der Waals surface area contributed by atoms with Gasteiger partial charge in [0.15, 0.2) is 0 Å². The number of carboxylic acids is 1. The third-order valence-electron chi connectivity index (χ3n) is 1.63. The van der Waals surface area contributed by atoms with Crippen LogP contribution in [-0.4, -0.2) is 17.6 Å². The molecule has 76 valence electrons. The van der Waals surface area contributed by atoms with Crippen molar-refractivity contribution in [3.8, 4) is 0 Å². The number of nitrogens with one attached hydrogen (secondary N) is 1. The molecule has 1 heterocycles. The molecule has 4 heteroatoms. The molecular formula is C10H13NO2S. The molecular weight excluding hydrogens is 198 g/mol. The van der Waals surface area contributed by atoms with E-state index in [1.165, 1.54) is 11.3 Å². The predicted molar refractivity (Wildman–Crippen MR) is 57.8 cm³/mol. The van der Waals surface area contributed by atoms with Gasteiger partial charge in [-0.15, -0.1) is 11.3 Å². The van der Waals surface area contributed by atoms with E-state index in [2.05, 4.69) is 11.9 Å². The number of rotatable bonds is 5. The Kier molecular flexibility index (Phi) is 3.85. The summed E-state index contributed by atoms with van der Waals surface area (Å²) < 4.78 is 0. The highest BCUT2D eigenvalue weighted by Gasteiger charge is 2.05. The first-order valence-corrected chi connectivity index (χ1v) is 5.13. The summed E-state index contributed by atoms with van der Waals surface area (Å²) in [6.07, 6.45) is 0. The molecule has 0 saturated carbocycles. The predicted octanol–water partition coefficient (Wildman–Crippen LogP) is 2.11. The van der Waals surface area contributed by atoms with Crippen LogP contribution in [0.3, 0.4) is 0 Å². The van der Waals surface area contributed by atoms with Crippen molar-refractivity contribution in [3.05, 3.63) is 34.0 Å². The van der Waals surface area contributed by atoms with Gasteiger partial charge in [-0.1, -0.05) is 12.2 Å². The Balaban J connectivity index is 2.44. The Morgan fingerprint density at radius 2 is 2.43 bits per heavy atom. The fourth-order valence-corrected chi connectivity index (χ4v) is 1.81. The lowest BCUT2D eigenvalue weighted by atomic mass is 10.3. The van der Waals surface area contributed by atoms with Gasteiger partial charge in [0.1, 0.15) is 0 Å². The maximum atomic E-state index is 10.6. The van der Waals surface area contributed by atoms with Crippen LogP contribution in [0.1, 0.15) is 22.2 Å². The number of hydrogen-bond acceptors (Lipinski definition) is 3. The van der Waals surface area contributed by atoms with Gasteiger partial charge in [-0.2, -0.15) is 0 Å². The van der Waals surface area contributed by atoms with E-state index < -0.39 is 5.97 Å². The van der Waals surface area contributed by atoms with Crippen molar-refractivity contribution >= 4 is 17.3 Å². The van der Waals surface area contributed by atoms with E-state index in [9.17, 15) is 4.79 Å². The van der Waals surface area contributed by atoms with Gasteiger partial charge in [-0.05, 0) is 13.0 Å². The third-order valence-corrected chi connectivity index (χ3v) is 2.56. The quantitative estimate of drug-likeness (QED) is 0.733. The highest BCUT2D eigenvalue weighted by molar-refractivity contribution is 7.10. The first kappa shape index (κ1) is 10.9. The minimum absolute atomic E-state index is 0.363. The summed E-state index contributed by atoms with van der Waals surface area (Å²) in [7, 11) is 0. The van der Waals surface area contributed by atoms with Crippen molar-refractivity contribution in [2.75, 3.05) is 6.54 Å². The molecule has 0 aliphatic heterocycles. The second kappa shape index (κ2) is 4.93. The van der Waals surface area contributed by atoms with Crippen molar-refractivity contribution < 1.29 is 9.90 Å². The zero-order chi connectivity index (χ0) is 10.6. The molecule has 2 N–H and O–H groups in total. The molecule has 0 atom stereocenters. The largest absolute Gasteiger partial charge is 0.478 e. The summed E-state index contributed by atoms with van der Waals surface area (Å²) >= 11 is 1.46. The van der Waals surface area contributed by atoms with Crippen LogP contribution in [0, 0.1) is 0 Å². The average Bonchev–Trinajstić information content (AvgIpc) is 2.52. The van der Waals surface area contributed by atoms with Gasteiger partial charge >= 0.3 is 5.97 Å². The van der Waals surface area contributed by atoms with E-state index in [4.69, 9.17) is 5.11 Å². The first-order chi connectivity index (χ1) is 6.59. The lowest BCUT2D eigenvalue weighted by Gasteiger charge is -2.00. The van der Waals surface area contributed by atoms with E-state index >= 15 is 0 Å². The number of thiophene rings is 1. The standard InChI is InChI=1S/C10H13NO2S/c1-7(2)4-11-5-9-3-8(6-14-9)10(12)13/h3,6,11H,1,4-5H2,2H3,(H,12,13). The van der Waals surface area contributed by atoms with Crippen LogP contribution in [0.4, 0.5) is 0 Å². The van der Waals surface area contributed by atoms with Gasteiger partial charge in [-0.25, -0.2) is 4.79 Å². The molecule has 0 aromatic carbocycles. The third kappa shape index (κ3) is 3.32. The van der Waals surface area contributed by atoms with Crippen LogP contribution in [0.25, 0.3) is 0 Å². The second-order valence-electron chi connectivity index (χ2n) is 3.17. The Morgan fingerprint density at radius 3 is 2.93 bits per heavy atom. The maximum Gasteiger partial charge on any atom is 0.336 e. The molecule has 0 unspecified atom stereocenters. The Labute approximate surface area is 87.1 Å². The first-order valence-electron chi connectivity index (χ1n) is 4.25. The SMILES string of the molecule is C=C(C)CNCc1cc(C(=O)O)cs1. The molecule has 0 fully saturated rings. The summed E-state index contributed by atoms with van der Waals surface area (Å²) in [5, 5.41) is 13.5. The van der Waals surface area contributed by atoms with Crippen LogP contribution in [-0.2, 0) is 6.54 Å². The summed E-state index contributed by atoms with van der Waals surface area (Å²) in [6, 6.07) is 1.69. The fraction of sp³-hybridized carbons (Fsp3) is 0.300. The van der Waals surface area contributed by atoms with Crippen molar-refractivity contribution in [1.29, 1.82) is 0 Å². The lowest BCUT2D eigenvalue weighted by Crippen LogP contribution is -2.14. The van der Waals surface area contributed by atoms with Crippen LogP contribution in [0.5, 0.6) is 0 Å². The molecule has 14 heavy (non-hydrogen) atoms. The zero-order valence-corrected chi connectivity index (χ0v) is 8.86. The van der Waals surface area contributed by atoms with Gasteiger partial charge in [0, 0.05) is 23.3 Å². The number of carboxylic acid groups (broad SMARTS) is 1. The molecule has 0 bridgehead atoms. The van der Waals surface area contributed by atoms with Gasteiger partial charge in [0.05, 0.1) is 5.56 Å². The van der Waals surface area contributed by atoms with Crippen molar-refractivity contribution in [3.63, 3.8) is 0 Å². The molecule has 0 radical (unpaired) electrons. The molecule has 0 aliphatic rings. The minimum atomic E-state index is -0.868. The van der Waals surface area contributed by atoms with Crippen LogP contribution >= 0.6 is 11.3 Å². The monoisotopic (exact) mass is 211 g/mol. The normalized spacial score (nSPS) is 10.1. The highest BCUT2D eigenvalue weighted by atomic mass is 32.1. The molecule has 1 rings (SSSR count). The van der Waals surface area contributed by atoms with Crippen molar-refractivity contribution in [2.24, 2.45) is 0 Å². The van der Waals surface area contributed by atoms with Gasteiger partial charge in [0.25, 0.3) is 0 Å². The summed E-state index contributed by atoms with van der Waals surface area (Å²) in [5.41, 5.74) is 1.43. The van der Waals surface area contributed by atoms with Gasteiger partial charge in [-0.3, -0.25) is 0 Å². The summed E-state index contributed by atoms with van der Waals surface area (Å²) in [6.45, 7) is 7.18. The lowest BCUT2D eigenvalue weighted by molar-refractivity contribution is 0.0697.